The zero-order chi connectivity index (χ0) is 19.8. The van der Waals surface area contributed by atoms with E-state index < -0.39 is 0 Å². The van der Waals surface area contributed by atoms with E-state index in [1.54, 1.807) is 36.7 Å². The third-order valence-electron chi connectivity index (χ3n) is 5.06. The number of fused-ring (bicyclic) bond motifs is 3. The van der Waals surface area contributed by atoms with Crippen molar-refractivity contribution in [3.8, 4) is 22.4 Å². The lowest BCUT2D eigenvalue weighted by atomic mass is 9.94. The van der Waals surface area contributed by atoms with Crippen LogP contribution >= 0.6 is 0 Å². The third kappa shape index (κ3) is 2.99. The second kappa shape index (κ2) is 6.80. The standard InChI is InChI=1S/C24H15N3O2/c28-27(29)19-8-5-17(6-9-19)21-15-23(18-11-13-25-14-12-18)26-22-10-7-16-3-1-2-4-20(16)24(21)22/h1-15H. The van der Waals surface area contributed by atoms with E-state index in [-0.39, 0.29) is 10.6 Å². The lowest BCUT2D eigenvalue weighted by Crippen LogP contribution is -1.92. The fourth-order valence-electron chi connectivity index (χ4n) is 3.67. The minimum absolute atomic E-state index is 0.0753. The van der Waals surface area contributed by atoms with Gasteiger partial charge in [-0.1, -0.05) is 30.3 Å². The van der Waals surface area contributed by atoms with Crippen LogP contribution in [0.25, 0.3) is 44.1 Å². The summed E-state index contributed by atoms with van der Waals surface area (Å²) >= 11 is 0. The summed E-state index contributed by atoms with van der Waals surface area (Å²) in [6.45, 7) is 0. The van der Waals surface area contributed by atoms with E-state index in [0.717, 1.165) is 44.1 Å². The molecule has 5 aromatic rings. The molecule has 29 heavy (non-hydrogen) atoms. The van der Waals surface area contributed by atoms with Gasteiger partial charge in [-0.25, -0.2) is 4.98 Å². The molecule has 0 bridgehead atoms. The maximum atomic E-state index is 11.1. The van der Waals surface area contributed by atoms with E-state index in [1.165, 1.54) is 0 Å². The van der Waals surface area contributed by atoms with Gasteiger partial charge in [0.1, 0.15) is 0 Å². The number of benzene rings is 3. The zero-order valence-electron chi connectivity index (χ0n) is 15.3. The van der Waals surface area contributed by atoms with Gasteiger partial charge in [-0.15, -0.1) is 0 Å². The normalized spacial score (nSPS) is 11.0. The Morgan fingerprint density at radius 2 is 1.55 bits per heavy atom. The molecule has 5 nitrogen and oxygen atoms in total. The highest BCUT2D eigenvalue weighted by atomic mass is 16.6. The Morgan fingerprint density at radius 3 is 2.31 bits per heavy atom. The Morgan fingerprint density at radius 1 is 0.793 bits per heavy atom. The maximum absolute atomic E-state index is 11.1. The van der Waals surface area contributed by atoms with E-state index in [0.29, 0.717) is 0 Å². The summed E-state index contributed by atoms with van der Waals surface area (Å²) in [5, 5.41) is 14.3. The Balaban J connectivity index is 1.85. The Kier molecular flexibility index (Phi) is 3.99. The molecule has 0 atom stereocenters. The van der Waals surface area contributed by atoms with Gasteiger partial charge in [0.25, 0.3) is 5.69 Å². The van der Waals surface area contributed by atoms with Crippen molar-refractivity contribution in [2.75, 3.05) is 0 Å². The molecule has 5 rings (SSSR count). The van der Waals surface area contributed by atoms with Gasteiger partial charge in [0.15, 0.2) is 0 Å². The van der Waals surface area contributed by atoms with E-state index >= 15 is 0 Å². The number of nitro benzene ring substituents is 1. The number of nitrogens with zero attached hydrogens (tertiary/aromatic N) is 3. The number of hydrogen-bond acceptors (Lipinski definition) is 4. The van der Waals surface area contributed by atoms with Crippen LogP contribution in [0.3, 0.4) is 0 Å². The second-order valence-corrected chi connectivity index (χ2v) is 6.78. The predicted octanol–water partition coefficient (Wildman–Crippen LogP) is 6.03. The summed E-state index contributed by atoms with van der Waals surface area (Å²) in [5.41, 5.74) is 4.67. The van der Waals surface area contributed by atoms with Crippen LogP contribution in [0, 0.1) is 10.1 Å². The summed E-state index contributed by atoms with van der Waals surface area (Å²) in [4.78, 5) is 19.7. The van der Waals surface area contributed by atoms with Gasteiger partial charge in [0.05, 0.1) is 16.1 Å². The Labute approximate surface area is 166 Å². The summed E-state index contributed by atoms with van der Waals surface area (Å²) in [6.07, 6.45) is 3.49. The van der Waals surface area contributed by atoms with Gasteiger partial charge in [-0.2, -0.15) is 0 Å². The molecule has 0 aliphatic rings. The van der Waals surface area contributed by atoms with Crippen molar-refractivity contribution in [2.24, 2.45) is 0 Å². The molecule has 0 saturated heterocycles. The molecule has 0 amide bonds. The highest BCUT2D eigenvalue weighted by Crippen LogP contribution is 2.36. The molecule has 0 aliphatic carbocycles. The molecule has 0 spiro atoms. The number of nitro groups is 1. The first-order valence-electron chi connectivity index (χ1n) is 9.18. The first-order chi connectivity index (χ1) is 14.2. The quantitative estimate of drug-likeness (QED) is 0.219. The average Bonchev–Trinajstić information content (AvgIpc) is 2.79. The zero-order valence-corrected chi connectivity index (χ0v) is 15.3. The molecule has 0 saturated carbocycles. The minimum atomic E-state index is -0.383. The van der Waals surface area contributed by atoms with Crippen molar-refractivity contribution in [3.63, 3.8) is 0 Å². The molecular formula is C24H15N3O2. The number of aromatic nitrogens is 2. The number of rotatable bonds is 3. The van der Waals surface area contributed by atoms with Gasteiger partial charge in [0.2, 0.25) is 0 Å². The van der Waals surface area contributed by atoms with Crippen LogP contribution in [0.4, 0.5) is 5.69 Å². The van der Waals surface area contributed by atoms with Crippen molar-refractivity contribution >= 4 is 27.4 Å². The highest BCUT2D eigenvalue weighted by molar-refractivity contribution is 6.13. The van der Waals surface area contributed by atoms with Crippen LogP contribution in [-0.4, -0.2) is 14.9 Å². The maximum Gasteiger partial charge on any atom is 0.269 e. The largest absolute Gasteiger partial charge is 0.269 e. The van der Waals surface area contributed by atoms with Gasteiger partial charge >= 0.3 is 0 Å². The molecule has 0 aliphatic heterocycles. The molecule has 2 heterocycles. The lowest BCUT2D eigenvalue weighted by Gasteiger charge is -2.13. The Bertz CT molecular complexity index is 1360. The van der Waals surface area contributed by atoms with E-state index in [4.69, 9.17) is 4.98 Å². The van der Waals surface area contributed by atoms with Crippen molar-refractivity contribution in [1.82, 2.24) is 9.97 Å². The van der Waals surface area contributed by atoms with Crippen LogP contribution in [0.2, 0.25) is 0 Å². The lowest BCUT2D eigenvalue weighted by molar-refractivity contribution is -0.384. The Hall–Kier alpha value is -4.12. The smallest absolute Gasteiger partial charge is 0.265 e. The molecule has 3 aromatic carbocycles. The fourth-order valence-corrected chi connectivity index (χ4v) is 3.67. The topological polar surface area (TPSA) is 68.9 Å². The SMILES string of the molecule is O=[N+]([O-])c1ccc(-c2cc(-c3ccncc3)nc3ccc4ccccc4c23)cc1. The predicted molar refractivity (Wildman–Crippen MR) is 115 cm³/mol. The summed E-state index contributed by atoms with van der Waals surface area (Å²) < 4.78 is 0. The van der Waals surface area contributed by atoms with Crippen molar-refractivity contribution in [2.45, 2.75) is 0 Å². The second-order valence-electron chi connectivity index (χ2n) is 6.78. The first kappa shape index (κ1) is 17.0. The summed E-state index contributed by atoms with van der Waals surface area (Å²) in [6, 6.07) is 24.8. The highest BCUT2D eigenvalue weighted by Gasteiger charge is 2.14. The molecule has 0 unspecified atom stereocenters. The van der Waals surface area contributed by atoms with E-state index in [1.807, 2.05) is 36.4 Å². The number of hydrogen-bond donors (Lipinski definition) is 0. The van der Waals surface area contributed by atoms with Crippen LogP contribution in [0.15, 0.2) is 91.3 Å². The third-order valence-corrected chi connectivity index (χ3v) is 5.06. The summed E-state index contributed by atoms with van der Waals surface area (Å²) in [5.74, 6) is 0. The summed E-state index contributed by atoms with van der Waals surface area (Å²) in [7, 11) is 0. The van der Waals surface area contributed by atoms with Crippen molar-refractivity contribution < 1.29 is 4.92 Å². The average molecular weight is 377 g/mol. The number of non-ortho nitro benzene ring substituents is 1. The molecule has 0 fully saturated rings. The van der Waals surface area contributed by atoms with Crippen LogP contribution < -0.4 is 0 Å². The van der Waals surface area contributed by atoms with Gasteiger partial charge in [-0.05, 0) is 58.3 Å². The van der Waals surface area contributed by atoms with Crippen molar-refractivity contribution in [3.05, 3.63) is 101 Å². The molecule has 138 valence electrons. The fraction of sp³-hybridized carbons (Fsp3) is 0. The van der Waals surface area contributed by atoms with Crippen molar-refractivity contribution in [1.29, 1.82) is 0 Å². The van der Waals surface area contributed by atoms with Crippen LogP contribution in [0.5, 0.6) is 0 Å². The van der Waals surface area contributed by atoms with Gasteiger partial charge in [0, 0.05) is 35.5 Å². The van der Waals surface area contributed by atoms with Crippen LogP contribution in [0.1, 0.15) is 0 Å². The molecule has 5 heteroatoms. The molecule has 0 N–H and O–H groups in total. The van der Waals surface area contributed by atoms with Crippen LogP contribution in [-0.2, 0) is 0 Å². The first-order valence-corrected chi connectivity index (χ1v) is 9.18. The minimum Gasteiger partial charge on any atom is -0.265 e. The van der Waals surface area contributed by atoms with E-state index in [2.05, 4.69) is 23.2 Å². The molecule has 2 aromatic heterocycles. The van der Waals surface area contributed by atoms with Gasteiger partial charge in [-0.3, -0.25) is 15.1 Å². The van der Waals surface area contributed by atoms with Gasteiger partial charge < -0.3 is 0 Å². The number of pyridine rings is 2. The molecule has 0 radical (unpaired) electrons. The van der Waals surface area contributed by atoms with E-state index in [9.17, 15) is 10.1 Å². The monoisotopic (exact) mass is 377 g/mol. The molecular weight excluding hydrogens is 362 g/mol.